The SMILES string of the molecule is CCC(C)N1C[C@@H]2[C@H](NC(=O)c3ccnn3C)c3ccccc3[C@@H]2C1. The number of aromatic nitrogens is 2. The standard InChI is InChI=1S/C20H26N4O/c1-4-13(2)24-11-16-14-7-5-6-8-15(14)19(17(16)12-24)22-20(25)18-9-10-21-23(18)3/h5-10,13,16-17,19H,4,11-12H2,1-3H3,(H,22,25)/t13?,16-,17-,19+/m0/s1. The summed E-state index contributed by atoms with van der Waals surface area (Å²) in [4.78, 5) is 15.3. The molecule has 5 nitrogen and oxygen atoms in total. The van der Waals surface area contributed by atoms with Crippen molar-refractivity contribution in [2.75, 3.05) is 13.1 Å². The van der Waals surface area contributed by atoms with E-state index in [1.165, 1.54) is 11.1 Å². The van der Waals surface area contributed by atoms with Crippen molar-refractivity contribution < 1.29 is 4.79 Å². The van der Waals surface area contributed by atoms with Gasteiger partial charge in [-0.25, -0.2) is 0 Å². The van der Waals surface area contributed by atoms with E-state index in [0.29, 0.717) is 23.6 Å². The summed E-state index contributed by atoms with van der Waals surface area (Å²) in [7, 11) is 1.81. The molecule has 2 aromatic rings. The van der Waals surface area contributed by atoms with E-state index in [-0.39, 0.29) is 11.9 Å². The second-order valence-corrected chi connectivity index (χ2v) is 7.40. The van der Waals surface area contributed by atoms with Crippen LogP contribution in [0.2, 0.25) is 0 Å². The van der Waals surface area contributed by atoms with Gasteiger partial charge < -0.3 is 5.32 Å². The molecule has 25 heavy (non-hydrogen) atoms. The third-order valence-electron chi connectivity index (χ3n) is 6.11. The highest BCUT2D eigenvalue weighted by molar-refractivity contribution is 5.92. The largest absolute Gasteiger partial charge is 0.344 e. The van der Waals surface area contributed by atoms with Gasteiger partial charge in [0.1, 0.15) is 5.69 Å². The number of aryl methyl sites for hydroxylation is 1. The predicted molar refractivity (Wildman–Crippen MR) is 97.4 cm³/mol. The van der Waals surface area contributed by atoms with Gasteiger partial charge in [0.25, 0.3) is 5.91 Å². The molecule has 132 valence electrons. The molecule has 1 aliphatic carbocycles. The van der Waals surface area contributed by atoms with E-state index in [0.717, 1.165) is 19.5 Å². The quantitative estimate of drug-likeness (QED) is 0.932. The molecule has 4 atom stereocenters. The number of amides is 1. The molecule has 1 aromatic heterocycles. The van der Waals surface area contributed by atoms with Crippen molar-refractivity contribution in [3.63, 3.8) is 0 Å². The molecule has 2 aliphatic rings. The molecule has 1 unspecified atom stereocenters. The van der Waals surface area contributed by atoms with E-state index in [1.807, 2.05) is 0 Å². The molecule has 1 amide bonds. The van der Waals surface area contributed by atoms with Crippen LogP contribution < -0.4 is 5.32 Å². The Morgan fingerprint density at radius 1 is 1.28 bits per heavy atom. The normalized spacial score (nSPS) is 26.3. The van der Waals surface area contributed by atoms with Crippen LogP contribution in [-0.4, -0.2) is 39.7 Å². The highest BCUT2D eigenvalue weighted by Crippen LogP contribution is 2.49. The Morgan fingerprint density at radius 2 is 2.04 bits per heavy atom. The number of fused-ring (bicyclic) bond motifs is 3. The lowest BCUT2D eigenvalue weighted by molar-refractivity contribution is 0.0913. The fourth-order valence-corrected chi connectivity index (χ4v) is 4.50. The van der Waals surface area contributed by atoms with Gasteiger partial charge in [0.15, 0.2) is 0 Å². The van der Waals surface area contributed by atoms with Crippen LogP contribution in [0, 0.1) is 5.92 Å². The van der Waals surface area contributed by atoms with Crippen LogP contribution in [0.5, 0.6) is 0 Å². The van der Waals surface area contributed by atoms with Crippen molar-refractivity contribution in [3.05, 3.63) is 53.3 Å². The van der Waals surface area contributed by atoms with Crippen LogP contribution in [0.15, 0.2) is 36.5 Å². The van der Waals surface area contributed by atoms with Crippen molar-refractivity contribution in [3.8, 4) is 0 Å². The summed E-state index contributed by atoms with van der Waals surface area (Å²) in [6, 6.07) is 11.1. The van der Waals surface area contributed by atoms with Gasteiger partial charge >= 0.3 is 0 Å². The van der Waals surface area contributed by atoms with Gasteiger partial charge in [-0.15, -0.1) is 0 Å². The van der Waals surface area contributed by atoms with Gasteiger partial charge in [-0.1, -0.05) is 31.2 Å². The fourth-order valence-electron chi connectivity index (χ4n) is 4.50. The molecule has 0 spiro atoms. The molecule has 4 rings (SSSR count). The third kappa shape index (κ3) is 2.67. The number of likely N-dealkylation sites (tertiary alicyclic amines) is 1. The molecule has 5 heteroatoms. The van der Waals surface area contributed by atoms with Gasteiger partial charge in [0, 0.05) is 44.2 Å². The number of carbonyl (C=O) groups excluding carboxylic acids is 1. The number of benzene rings is 1. The number of hydrogen-bond donors (Lipinski definition) is 1. The molecule has 1 saturated heterocycles. The van der Waals surface area contributed by atoms with E-state index >= 15 is 0 Å². The molecular weight excluding hydrogens is 312 g/mol. The molecule has 0 saturated carbocycles. The molecular formula is C20H26N4O. The second kappa shape index (κ2) is 6.30. The fraction of sp³-hybridized carbons (Fsp3) is 0.500. The summed E-state index contributed by atoms with van der Waals surface area (Å²) in [5.74, 6) is 0.924. The van der Waals surface area contributed by atoms with Crippen molar-refractivity contribution >= 4 is 5.91 Å². The number of carbonyl (C=O) groups is 1. The zero-order chi connectivity index (χ0) is 17.6. The van der Waals surface area contributed by atoms with Gasteiger partial charge in [-0.2, -0.15) is 5.10 Å². The molecule has 1 aromatic carbocycles. The number of rotatable bonds is 4. The predicted octanol–water partition coefficient (Wildman–Crippen LogP) is 2.72. The van der Waals surface area contributed by atoms with Crippen LogP contribution in [0.3, 0.4) is 0 Å². The minimum absolute atomic E-state index is 0.0394. The lowest BCUT2D eigenvalue weighted by Crippen LogP contribution is -2.36. The summed E-state index contributed by atoms with van der Waals surface area (Å²) in [6.07, 6.45) is 2.83. The maximum Gasteiger partial charge on any atom is 0.270 e. The monoisotopic (exact) mass is 338 g/mol. The van der Waals surface area contributed by atoms with Crippen LogP contribution >= 0.6 is 0 Å². The molecule has 0 bridgehead atoms. The van der Waals surface area contributed by atoms with Crippen molar-refractivity contribution in [2.24, 2.45) is 13.0 Å². The zero-order valence-corrected chi connectivity index (χ0v) is 15.1. The first-order valence-electron chi connectivity index (χ1n) is 9.22. The summed E-state index contributed by atoms with van der Waals surface area (Å²) in [5.41, 5.74) is 3.31. The minimum atomic E-state index is -0.0394. The van der Waals surface area contributed by atoms with E-state index in [9.17, 15) is 4.79 Å². The van der Waals surface area contributed by atoms with E-state index < -0.39 is 0 Å². The average Bonchev–Trinajstić information content (AvgIpc) is 3.30. The Morgan fingerprint density at radius 3 is 2.72 bits per heavy atom. The summed E-state index contributed by atoms with van der Waals surface area (Å²) in [5, 5.41) is 7.42. The van der Waals surface area contributed by atoms with Crippen LogP contribution in [-0.2, 0) is 7.05 Å². The Bertz CT molecular complexity index is 784. The smallest absolute Gasteiger partial charge is 0.270 e. The van der Waals surface area contributed by atoms with E-state index in [4.69, 9.17) is 0 Å². The second-order valence-electron chi connectivity index (χ2n) is 7.40. The first kappa shape index (κ1) is 16.3. The third-order valence-corrected chi connectivity index (χ3v) is 6.11. The van der Waals surface area contributed by atoms with Gasteiger partial charge in [0.05, 0.1) is 6.04 Å². The summed E-state index contributed by atoms with van der Waals surface area (Å²) >= 11 is 0. The molecule has 1 fully saturated rings. The highest BCUT2D eigenvalue weighted by atomic mass is 16.2. The maximum absolute atomic E-state index is 12.8. The number of nitrogens with zero attached hydrogens (tertiary/aromatic N) is 3. The summed E-state index contributed by atoms with van der Waals surface area (Å²) in [6.45, 7) is 6.68. The Balaban J connectivity index is 1.62. The minimum Gasteiger partial charge on any atom is -0.344 e. The van der Waals surface area contributed by atoms with Crippen molar-refractivity contribution in [1.29, 1.82) is 0 Å². The Labute approximate surface area is 149 Å². The van der Waals surface area contributed by atoms with Gasteiger partial charge in [-0.3, -0.25) is 14.4 Å². The number of hydrogen-bond acceptors (Lipinski definition) is 3. The molecule has 1 N–H and O–H groups in total. The molecule has 2 heterocycles. The molecule has 1 aliphatic heterocycles. The van der Waals surface area contributed by atoms with Crippen LogP contribution in [0.1, 0.15) is 53.8 Å². The Kier molecular flexibility index (Phi) is 4.12. The van der Waals surface area contributed by atoms with Gasteiger partial charge in [0.2, 0.25) is 0 Å². The number of nitrogens with one attached hydrogen (secondary N) is 1. The average molecular weight is 338 g/mol. The topological polar surface area (TPSA) is 50.2 Å². The summed E-state index contributed by atoms with van der Waals surface area (Å²) < 4.78 is 1.63. The lowest BCUT2D eigenvalue weighted by atomic mass is 9.94. The maximum atomic E-state index is 12.8. The van der Waals surface area contributed by atoms with Crippen molar-refractivity contribution in [2.45, 2.75) is 38.3 Å². The van der Waals surface area contributed by atoms with Gasteiger partial charge in [-0.05, 0) is 30.5 Å². The van der Waals surface area contributed by atoms with Crippen LogP contribution in [0.4, 0.5) is 0 Å². The Hall–Kier alpha value is -2.14. The zero-order valence-electron chi connectivity index (χ0n) is 15.1. The highest BCUT2D eigenvalue weighted by Gasteiger charge is 2.47. The first-order valence-corrected chi connectivity index (χ1v) is 9.22. The van der Waals surface area contributed by atoms with Crippen molar-refractivity contribution in [1.82, 2.24) is 20.0 Å². The van der Waals surface area contributed by atoms with E-state index in [2.05, 4.69) is 53.4 Å². The van der Waals surface area contributed by atoms with E-state index in [1.54, 1.807) is 24.0 Å². The van der Waals surface area contributed by atoms with Crippen LogP contribution in [0.25, 0.3) is 0 Å². The lowest BCUT2D eigenvalue weighted by Gasteiger charge is -2.26. The molecule has 0 radical (unpaired) electrons. The first-order chi connectivity index (χ1) is 12.1.